The fourth-order valence-electron chi connectivity index (χ4n) is 3.66. The lowest BCUT2D eigenvalue weighted by Gasteiger charge is -2.35. The molecular weight excluding hydrogens is 356 g/mol. The van der Waals surface area contributed by atoms with Crippen molar-refractivity contribution in [3.8, 4) is 0 Å². The van der Waals surface area contributed by atoms with Gasteiger partial charge in [0.05, 0.1) is 0 Å². The Morgan fingerprint density at radius 1 is 0.893 bits per heavy atom. The highest BCUT2D eigenvalue weighted by atomic mass is 16.2. The van der Waals surface area contributed by atoms with E-state index in [1.807, 2.05) is 11.0 Å². The molecule has 4 heterocycles. The lowest BCUT2D eigenvalue weighted by molar-refractivity contribution is 0.0740. The molecule has 0 N–H and O–H groups in total. The maximum absolute atomic E-state index is 12.9. The topological polar surface area (TPSA) is 81.6 Å². The number of rotatable bonds is 4. The summed E-state index contributed by atoms with van der Waals surface area (Å²) >= 11 is 0. The van der Waals surface area contributed by atoms with E-state index in [0.29, 0.717) is 37.8 Å². The third-order valence-corrected chi connectivity index (χ3v) is 5.42. The van der Waals surface area contributed by atoms with Crippen LogP contribution in [0.25, 0.3) is 0 Å². The van der Waals surface area contributed by atoms with Crippen molar-refractivity contribution in [3.63, 3.8) is 0 Å². The molecule has 0 aliphatic carbocycles. The first kappa shape index (κ1) is 18.5. The van der Waals surface area contributed by atoms with Gasteiger partial charge in [0.1, 0.15) is 17.8 Å². The number of anilines is 2. The van der Waals surface area contributed by atoms with Crippen LogP contribution in [0.2, 0.25) is 0 Å². The van der Waals surface area contributed by atoms with Crippen molar-refractivity contribution < 1.29 is 4.79 Å². The maximum Gasteiger partial charge on any atom is 0.272 e. The number of carbonyl (C=O) groups is 1. The first-order chi connectivity index (χ1) is 13.7. The Labute approximate surface area is 165 Å². The Hall–Kier alpha value is -2.81. The van der Waals surface area contributed by atoms with E-state index in [2.05, 4.69) is 41.6 Å². The van der Waals surface area contributed by atoms with E-state index in [1.54, 1.807) is 18.5 Å². The fourth-order valence-corrected chi connectivity index (χ4v) is 3.66. The van der Waals surface area contributed by atoms with Crippen molar-refractivity contribution in [1.29, 1.82) is 0 Å². The third kappa shape index (κ3) is 4.04. The highest BCUT2D eigenvalue weighted by molar-refractivity contribution is 5.93. The minimum Gasteiger partial charge on any atom is -0.354 e. The molecule has 9 heteroatoms. The molecular formula is C19H26N8O. The van der Waals surface area contributed by atoms with E-state index in [0.717, 1.165) is 38.5 Å². The standard InChI is InChI=1S/C19H26N8O/c1-2-24-6-8-25(9-7-24)17-14-16(22-15-23-17)18(28)26-10-12-27(13-11-26)19-20-4-3-5-21-19/h3-5,14-15H,2,6-13H2,1H3. The quantitative estimate of drug-likeness (QED) is 0.750. The largest absolute Gasteiger partial charge is 0.354 e. The molecule has 9 nitrogen and oxygen atoms in total. The molecule has 0 radical (unpaired) electrons. The van der Waals surface area contributed by atoms with Gasteiger partial charge in [-0.25, -0.2) is 19.9 Å². The molecule has 1 amide bonds. The van der Waals surface area contributed by atoms with Crippen LogP contribution in [-0.4, -0.2) is 94.5 Å². The van der Waals surface area contributed by atoms with Crippen LogP contribution in [0.15, 0.2) is 30.9 Å². The minimum atomic E-state index is -0.0375. The Morgan fingerprint density at radius 2 is 1.57 bits per heavy atom. The van der Waals surface area contributed by atoms with Gasteiger partial charge >= 0.3 is 0 Å². The Kier molecular flexibility index (Phi) is 5.61. The summed E-state index contributed by atoms with van der Waals surface area (Å²) in [5.41, 5.74) is 0.465. The maximum atomic E-state index is 12.9. The summed E-state index contributed by atoms with van der Waals surface area (Å²) in [5, 5.41) is 0. The lowest BCUT2D eigenvalue weighted by atomic mass is 10.2. The second-order valence-corrected chi connectivity index (χ2v) is 7.01. The summed E-state index contributed by atoms with van der Waals surface area (Å²) in [6, 6.07) is 3.63. The zero-order valence-electron chi connectivity index (χ0n) is 16.2. The number of hydrogen-bond donors (Lipinski definition) is 0. The van der Waals surface area contributed by atoms with Gasteiger partial charge in [-0.15, -0.1) is 0 Å². The first-order valence-corrected chi connectivity index (χ1v) is 9.85. The molecule has 0 aromatic carbocycles. The van der Waals surface area contributed by atoms with Crippen molar-refractivity contribution in [3.05, 3.63) is 36.5 Å². The van der Waals surface area contributed by atoms with Crippen LogP contribution in [0.4, 0.5) is 11.8 Å². The predicted molar refractivity (Wildman–Crippen MR) is 107 cm³/mol. The fraction of sp³-hybridized carbons (Fsp3) is 0.526. The molecule has 148 valence electrons. The van der Waals surface area contributed by atoms with Crippen molar-refractivity contribution in [2.45, 2.75) is 6.92 Å². The number of amides is 1. The van der Waals surface area contributed by atoms with Crippen LogP contribution in [0.5, 0.6) is 0 Å². The average molecular weight is 382 g/mol. The van der Waals surface area contributed by atoms with E-state index < -0.39 is 0 Å². The van der Waals surface area contributed by atoms with Crippen molar-refractivity contribution >= 4 is 17.7 Å². The van der Waals surface area contributed by atoms with Crippen LogP contribution in [-0.2, 0) is 0 Å². The van der Waals surface area contributed by atoms with E-state index >= 15 is 0 Å². The summed E-state index contributed by atoms with van der Waals surface area (Å²) in [7, 11) is 0. The Bertz CT molecular complexity index is 786. The van der Waals surface area contributed by atoms with Crippen LogP contribution in [0.1, 0.15) is 17.4 Å². The number of piperazine rings is 2. The summed E-state index contributed by atoms with van der Waals surface area (Å²) in [6.07, 6.45) is 4.98. The van der Waals surface area contributed by atoms with Crippen molar-refractivity contribution in [2.75, 3.05) is 68.7 Å². The summed E-state index contributed by atoms with van der Waals surface area (Å²) < 4.78 is 0. The first-order valence-electron chi connectivity index (χ1n) is 9.85. The van der Waals surface area contributed by atoms with Crippen LogP contribution in [0.3, 0.4) is 0 Å². The smallest absolute Gasteiger partial charge is 0.272 e. The van der Waals surface area contributed by atoms with E-state index in [4.69, 9.17) is 0 Å². The van der Waals surface area contributed by atoms with Gasteiger partial charge in [0, 0.05) is 70.8 Å². The highest BCUT2D eigenvalue weighted by Gasteiger charge is 2.25. The summed E-state index contributed by atoms with van der Waals surface area (Å²) in [6.45, 7) is 9.84. The van der Waals surface area contributed by atoms with Crippen LogP contribution >= 0.6 is 0 Å². The lowest BCUT2D eigenvalue weighted by Crippen LogP contribution is -2.49. The predicted octanol–water partition coefficient (Wildman–Crippen LogP) is 0.371. The second-order valence-electron chi connectivity index (χ2n) is 7.01. The number of aromatic nitrogens is 4. The molecule has 2 aromatic heterocycles. The molecule has 28 heavy (non-hydrogen) atoms. The Balaban J connectivity index is 1.38. The molecule has 2 fully saturated rings. The summed E-state index contributed by atoms with van der Waals surface area (Å²) in [5.74, 6) is 1.51. The molecule has 4 rings (SSSR count). The number of hydrogen-bond acceptors (Lipinski definition) is 8. The normalized spacial score (nSPS) is 18.4. The molecule has 0 saturated carbocycles. The van der Waals surface area contributed by atoms with Gasteiger partial charge in [-0.2, -0.15) is 0 Å². The van der Waals surface area contributed by atoms with Gasteiger partial charge in [0.15, 0.2) is 0 Å². The molecule has 0 spiro atoms. The zero-order chi connectivity index (χ0) is 19.3. The van der Waals surface area contributed by atoms with E-state index in [9.17, 15) is 4.79 Å². The zero-order valence-corrected chi connectivity index (χ0v) is 16.2. The van der Waals surface area contributed by atoms with Gasteiger partial charge in [-0.05, 0) is 12.6 Å². The molecule has 2 aliphatic heterocycles. The molecule has 0 bridgehead atoms. The van der Waals surface area contributed by atoms with Gasteiger partial charge in [-0.1, -0.05) is 6.92 Å². The van der Waals surface area contributed by atoms with Gasteiger partial charge in [0.2, 0.25) is 5.95 Å². The number of nitrogens with zero attached hydrogens (tertiary/aromatic N) is 8. The monoisotopic (exact) mass is 382 g/mol. The van der Waals surface area contributed by atoms with Crippen molar-refractivity contribution in [2.24, 2.45) is 0 Å². The molecule has 0 unspecified atom stereocenters. The van der Waals surface area contributed by atoms with Crippen LogP contribution in [0, 0.1) is 0 Å². The van der Waals surface area contributed by atoms with Gasteiger partial charge in [0.25, 0.3) is 5.91 Å². The van der Waals surface area contributed by atoms with Gasteiger partial charge < -0.3 is 19.6 Å². The summed E-state index contributed by atoms with van der Waals surface area (Å²) in [4.78, 5) is 38.7. The van der Waals surface area contributed by atoms with Crippen LogP contribution < -0.4 is 9.80 Å². The molecule has 2 aromatic rings. The molecule has 0 atom stereocenters. The Morgan fingerprint density at radius 3 is 2.25 bits per heavy atom. The third-order valence-electron chi connectivity index (χ3n) is 5.42. The molecule has 2 aliphatic rings. The average Bonchev–Trinajstić information content (AvgIpc) is 2.79. The minimum absolute atomic E-state index is 0.0375. The molecule has 2 saturated heterocycles. The van der Waals surface area contributed by atoms with E-state index in [1.165, 1.54) is 6.33 Å². The number of likely N-dealkylation sites (N-methyl/N-ethyl adjacent to an activating group) is 1. The van der Waals surface area contributed by atoms with Gasteiger partial charge in [-0.3, -0.25) is 4.79 Å². The SMILES string of the molecule is CCN1CCN(c2cc(C(=O)N3CCN(c4ncccn4)CC3)ncn2)CC1. The highest BCUT2D eigenvalue weighted by Crippen LogP contribution is 2.16. The number of carbonyl (C=O) groups excluding carboxylic acids is 1. The van der Waals surface area contributed by atoms with Crippen molar-refractivity contribution in [1.82, 2.24) is 29.7 Å². The van der Waals surface area contributed by atoms with E-state index in [-0.39, 0.29) is 5.91 Å². The second kappa shape index (κ2) is 8.47.